The predicted molar refractivity (Wildman–Crippen MR) is 99.3 cm³/mol. The van der Waals surface area contributed by atoms with E-state index in [9.17, 15) is 9.90 Å². The van der Waals surface area contributed by atoms with E-state index in [2.05, 4.69) is 20.7 Å². The molecule has 0 saturated carbocycles. The lowest BCUT2D eigenvalue weighted by Gasteiger charge is -2.42. The molecule has 0 spiro atoms. The number of carbonyl (C=O) groups excluding carboxylic acids is 1. The van der Waals surface area contributed by atoms with Crippen LogP contribution in [0.2, 0.25) is 0 Å². The summed E-state index contributed by atoms with van der Waals surface area (Å²) in [5.74, 6) is -0.291. The van der Waals surface area contributed by atoms with Crippen LogP contribution in [-0.2, 0) is 5.54 Å². The van der Waals surface area contributed by atoms with Gasteiger partial charge in [0.15, 0.2) is 5.65 Å². The highest BCUT2D eigenvalue weighted by molar-refractivity contribution is 5.93. The summed E-state index contributed by atoms with van der Waals surface area (Å²) in [6, 6.07) is 14.9. The fraction of sp³-hybridized carbons (Fsp3) is 0.278. The lowest BCUT2D eigenvalue weighted by atomic mass is 9.79. The number of aliphatic hydroxyl groups excluding tert-OH is 1. The Morgan fingerprint density at radius 3 is 2.81 bits per heavy atom. The first kappa shape index (κ1) is 18.3. The van der Waals surface area contributed by atoms with E-state index in [1.807, 2.05) is 30.3 Å². The third-order valence-corrected chi connectivity index (χ3v) is 4.76. The molecule has 3 heterocycles. The first-order chi connectivity index (χ1) is 12.2. The number of aliphatic hydroxyl groups is 1. The molecule has 4 rings (SSSR count). The Balaban J connectivity index is 0.00000196. The SMILES string of the molecule is Cl.O=C(N[C@]1(c2ccccc2)CCNC[C@H]1O)c1cccc2ncnn12. The molecule has 3 aromatic rings. The molecule has 8 heteroatoms. The molecule has 1 aliphatic heterocycles. The van der Waals surface area contributed by atoms with E-state index in [4.69, 9.17) is 0 Å². The van der Waals surface area contributed by atoms with E-state index in [1.165, 1.54) is 10.8 Å². The van der Waals surface area contributed by atoms with Crippen LogP contribution >= 0.6 is 12.4 Å². The molecule has 1 aliphatic rings. The minimum absolute atomic E-state index is 0. The summed E-state index contributed by atoms with van der Waals surface area (Å²) in [7, 11) is 0. The number of carbonyl (C=O) groups is 1. The van der Waals surface area contributed by atoms with Gasteiger partial charge < -0.3 is 15.7 Å². The number of hydrogen-bond donors (Lipinski definition) is 3. The van der Waals surface area contributed by atoms with Gasteiger partial charge in [-0.05, 0) is 30.7 Å². The Labute approximate surface area is 156 Å². The monoisotopic (exact) mass is 373 g/mol. The quantitative estimate of drug-likeness (QED) is 0.640. The zero-order valence-corrected chi connectivity index (χ0v) is 14.8. The highest BCUT2D eigenvalue weighted by atomic mass is 35.5. The highest BCUT2D eigenvalue weighted by Gasteiger charge is 2.43. The summed E-state index contributed by atoms with van der Waals surface area (Å²) in [6.07, 6.45) is 1.28. The van der Waals surface area contributed by atoms with Crippen molar-refractivity contribution in [2.45, 2.75) is 18.1 Å². The number of aromatic nitrogens is 3. The van der Waals surface area contributed by atoms with Crippen molar-refractivity contribution in [1.82, 2.24) is 25.2 Å². The second-order valence-corrected chi connectivity index (χ2v) is 6.20. The summed E-state index contributed by atoms with van der Waals surface area (Å²) in [4.78, 5) is 17.1. The largest absolute Gasteiger partial charge is 0.389 e. The van der Waals surface area contributed by atoms with Crippen LogP contribution in [-0.4, -0.2) is 44.8 Å². The minimum Gasteiger partial charge on any atom is -0.389 e. The molecule has 0 radical (unpaired) electrons. The van der Waals surface area contributed by atoms with Gasteiger partial charge in [-0.1, -0.05) is 36.4 Å². The summed E-state index contributed by atoms with van der Waals surface area (Å²) in [5, 5.41) is 21.1. The van der Waals surface area contributed by atoms with Crippen molar-refractivity contribution in [3.8, 4) is 0 Å². The van der Waals surface area contributed by atoms with E-state index in [0.29, 0.717) is 30.9 Å². The van der Waals surface area contributed by atoms with Gasteiger partial charge in [0.25, 0.3) is 5.91 Å². The van der Waals surface area contributed by atoms with Crippen LogP contribution in [0.1, 0.15) is 22.5 Å². The zero-order chi connectivity index (χ0) is 17.3. The van der Waals surface area contributed by atoms with Crippen molar-refractivity contribution in [3.63, 3.8) is 0 Å². The topological polar surface area (TPSA) is 91.5 Å². The lowest BCUT2D eigenvalue weighted by molar-refractivity contribution is 0.0287. The molecule has 3 N–H and O–H groups in total. The number of β-amino-alcohol motifs (C(OH)–C–C–N with tert-alkyl or cyclic N) is 1. The van der Waals surface area contributed by atoms with Crippen molar-refractivity contribution in [2.75, 3.05) is 13.1 Å². The summed E-state index contributed by atoms with van der Waals surface area (Å²) >= 11 is 0. The van der Waals surface area contributed by atoms with Gasteiger partial charge in [0, 0.05) is 6.54 Å². The third-order valence-electron chi connectivity index (χ3n) is 4.76. The van der Waals surface area contributed by atoms with Gasteiger partial charge >= 0.3 is 0 Å². The molecule has 1 aromatic carbocycles. The third kappa shape index (κ3) is 3.05. The van der Waals surface area contributed by atoms with Crippen molar-refractivity contribution in [3.05, 3.63) is 66.1 Å². The number of fused-ring (bicyclic) bond motifs is 1. The molecule has 1 saturated heterocycles. The minimum atomic E-state index is -0.841. The Hall–Kier alpha value is -2.48. The Morgan fingerprint density at radius 1 is 1.23 bits per heavy atom. The molecule has 2 aromatic heterocycles. The van der Waals surface area contributed by atoms with Crippen molar-refractivity contribution in [2.24, 2.45) is 0 Å². The van der Waals surface area contributed by atoms with E-state index in [0.717, 1.165) is 5.56 Å². The lowest BCUT2D eigenvalue weighted by Crippen LogP contribution is -2.61. The second kappa shape index (κ2) is 7.41. The molecular weight excluding hydrogens is 354 g/mol. The molecule has 1 fully saturated rings. The fourth-order valence-electron chi connectivity index (χ4n) is 3.44. The first-order valence-corrected chi connectivity index (χ1v) is 8.26. The van der Waals surface area contributed by atoms with E-state index in [-0.39, 0.29) is 18.3 Å². The number of piperidine rings is 1. The maximum absolute atomic E-state index is 13.0. The molecule has 136 valence electrons. The second-order valence-electron chi connectivity index (χ2n) is 6.20. The van der Waals surface area contributed by atoms with Gasteiger partial charge in [0.2, 0.25) is 0 Å². The fourth-order valence-corrected chi connectivity index (χ4v) is 3.44. The van der Waals surface area contributed by atoms with Gasteiger partial charge in [0.1, 0.15) is 12.0 Å². The number of hydrogen-bond acceptors (Lipinski definition) is 5. The van der Waals surface area contributed by atoms with Crippen LogP contribution in [0.5, 0.6) is 0 Å². The molecule has 0 aliphatic carbocycles. The number of benzene rings is 1. The average Bonchev–Trinajstić information content (AvgIpc) is 3.13. The molecule has 2 atom stereocenters. The number of nitrogens with one attached hydrogen (secondary N) is 2. The van der Waals surface area contributed by atoms with Crippen molar-refractivity contribution >= 4 is 24.0 Å². The van der Waals surface area contributed by atoms with Crippen LogP contribution in [0.25, 0.3) is 5.65 Å². The van der Waals surface area contributed by atoms with Crippen LogP contribution in [0.15, 0.2) is 54.9 Å². The molecule has 0 unspecified atom stereocenters. The molecular formula is C18H20ClN5O2. The van der Waals surface area contributed by atoms with Gasteiger partial charge in [-0.25, -0.2) is 9.50 Å². The number of rotatable bonds is 3. The predicted octanol–water partition coefficient (Wildman–Crippen LogP) is 1.13. The summed E-state index contributed by atoms with van der Waals surface area (Å²) in [6.45, 7) is 1.13. The number of halogens is 1. The normalized spacial score (nSPS) is 22.6. The zero-order valence-electron chi connectivity index (χ0n) is 14.0. The van der Waals surface area contributed by atoms with E-state index < -0.39 is 11.6 Å². The standard InChI is InChI=1S/C18H19N5O2.ClH/c24-15-11-19-10-9-18(15,13-5-2-1-3-6-13)22-17(25)14-7-4-8-16-20-12-21-23(14)16;/h1-8,12,15,19,24H,9-11H2,(H,22,25);1H/t15-,18+;/m1./s1. The molecule has 1 amide bonds. The van der Waals surface area contributed by atoms with Crippen LogP contribution in [0.3, 0.4) is 0 Å². The maximum atomic E-state index is 13.0. The van der Waals surface area contributed by atoms with E-state index in [1.54, 1.807) is 18.2 Å². The van der Waals surface area contributed by atoms with Crippen molar-refractivity contribution in [1.29, 1.82) is 0 Å². The summed E-state index contributed by atoms with van der Waals surface area (Å²) < 4.78 is 1.50. The van der Waals surface area contributed by atoms with Crippen LogP contribution in [0, 0.1) is 0 Å². The first-order valence-electron chi connectivity index (χ1n) is 8.26. The number of pyridine rings is 1. The van der Waals surface area contributed by atoms with Crippen molar-refractivity contribution < 1.29 is 9.90 Å². The Morgan fingerprint density at radius 2 is 2.04 bits per heavy atom. The smallest absolute Gasteiger partial charge is 0.270 e. The van der Waals surface area contributed by atoms with Gasteiger partial charge in [0.05, 0.1) is 11.6 Å². The Kier molecular flexibility index (Phi) is 5.22. The van der Waals surface area contributed by atoms with Gasteiger partial charge in [-0.2, -0.15) is 5.10 Å². The summed E-state index contributed by atoms with van der Waals surface area (Å²) in [5.41, 5.74) is 1.04. The number of amides is 1. The highest BCUT2D eigenvalue weighted by Crippen LogP contribution is 2.31. The van der Waals surface area contributed by atoms with Crippen LogP contribution in [0.4, 0.5) is 0 Å². The molecule has 0 bridgehead atoms. The van der Waals surface area contributed by atoms with Gasteiger partial charge in [-0.3, -0.25) is 4.79 Å². The number of nitrogens with zero attached hydrogens (tertiary/aromatic N) is 3. The van der Waals surface area contributed by atoms with Gasteiger partial charge in [-0.15, -0.1) is 12.4 Å². The molecule has 7 nitrogen and oxygen atoms in total. The Bertz CT molecular complexity index is 901. The maximum Gasteiger partial charge on any atom is 0.270 e. The average molecular weight is 374 g/mol. The van der Waals surface area contributed by atoms with Crippen LogP contribution < -0.4 is 10.6 Å². The molecule has 26 heavy (non-hydrogen) atoms. The van der Waals surface area contributed by atoms with E-state index >= 15 is 0 Å².